The lowest BCUT2D eigenvalue weighted by Crippen LogP contribution is -2.43. The highest BCUT2D eigenvalue weighted by molar-refractivity contribution is 7.07. The zero-order chi connectivity index (χ0) is 30.1. The van der Waals surface area contributed by atoms with Crippen molar-refractivity contribution in [2.45, 2.75) is 26.8 Å². The molecule has 0 spiro atoms. The second-order valence-corrected chi connectivity index (χ2v) is 10.4. The molecule has 0 fully saturated rings. The molecule has 42 heavy (non-hydrogen) atoms. The molecule has 2 aromatic heterocycles. The summed E-state index contributed by atoms with van der Waals surface area (Å²) in [5.41, 5.74) is 0.822. The molecule has 0 bridgehead atoms. The molecule has 0 saturated heterocycles. The summed E-state index contributed by atoms with van der Waals surface area (Å²) in [7, 11) is 1.54. The monoisotopic (exact) mass is 590 g/mol. The van der Waals surface area contributed by atoms with Crippen molar-refractivity contribution in [2.75, 3.05) is 20.2 Å². The number of likely N-dealkylation sites (N-methyl/N-ethyl adjacent to an activating group) is 1. The van der Waals surface area contributed by atoms with E-state index in [-0.39, 0.29) is 17.2 Å². The third kappa shape index (κ3) is 5.05. The Labute approximate surface area is 243 Å². The van der Waals surface area contributed by atoms with Gasteiger partial charge >= 0.3 is 5.69 Å². The van der Waals surface area contributed by atoms with Gasteiger partial charge in [0.05, 0.1) is 27.8 Å². The van der Waals surface area contributed by atoms with E-state index < -0.39 is 22.5 Å². The first kappa shape index (κ1) is 28.7. The first-order valence-electron chi connectivity index (χ1n) is 13.2. The first-order chi connectivity index (χ1) is 20.2. The molecule has 3 heterocycles. The molecule has 0 N–H and O–H groups in total. The van der Waals surface area contributed by atoms with Crippen molar-refractivity contribution in [2.24, 2.45) is 4.99 Å². The van der Waals surface area contributed by atoms with Gasteiger partial charge in [0.25, 0.3) is 11.5 Å². The maximum Gasteiger partial charge on any atom is 0.305 e. The smallest absolute Gasteiger partial charge is 0.305 e. The minimum atomic E-state index is -0.949. The van der Waals surface area contributed by atoms with Crippen molar-refractivity contribution in [3.8, 4) is 17.1 Å². The van der Waals surface area contributed by atoms with Gasteiger partial charge in [0.1, 0.15) is 23.3 Å². The summed E-state index contributed by atoms with van der Waals surface area (Å²) in [6.45, 7) is 6.54. The minimum Gasteiger partial charge on any atom is -0.496 e. The van der Waals surface area contributed by atoms with Crippen LogP contribution in [0.4, 0.5) is 10.1 Å². The van der Waals surface area contributed by atoms with Gasteiger partial charge in [0.15, 0.2) is 4.80 Å². The lowest BCUT2D eigenvalue weighted by Gasteiger charge is -2.29. The summed E-state index contributed by atoms with van der Waals surface area (Å²) in [5, 5.41) is 11.2. The molecule has 1 atom stereocenters. The van der Waals surface area contributed by atoms with Crippen molar-refractivity contribution in [3.63, 3.8) is 0 Å². The van der Waals surface area contributed by atoms with Crippen LogP contribution in [0.2, 0.25) is 0 Å². The number of fused-ring (bicyclic) bond motifs is 1. The molecule has 0 saturated carbocycles. The number of carbonyl (C=O) groups is 1. The number of halogens is 1. The minimum absolute atomic E-state index is 0.212. The Morgan fingerprint density at radius 2 is 1.95 bits per heavy atom. The maximum absolute atomic E-state index is 14.0. The molecule has 12 heteroatoms. The van der Waals surface area contributed by atoms with Crippen LogP contribution in [-0.4, -0.2) is 40.5 Å². The second-order valence-electron chi connectivity index (χ2n) is 9.43. The number of aromatic nitrogens is 1. The predicted molar refractivity (Wildman–Crippen MR) is 155 cm³/mol. The fourth-order valence-electron chi connectivity index (χ4n) is 4.98. The van der Waals surface area contributed by atoms with Crippen LogP contribution in [0.15, 0.2) is 80.1 Å². The number of nitro benzene ring substituents is 1. The Morgan fingerprint density at radius 1 is 1.21 bits per heavy atom. The van der Waals surface area contributed by atoms with Gasteiger partial charge in [-0.3, -0.25) is 24.3 Å². The molecule has 0 aliphatic carbocycles. The van der Waals surface area contributed by atoms with Crippen LogP contribution < -0.4 is 19.6 Å². The Bertz CT molecular complexity index is 1920. The van der Waals surface area contributed by atoms with Gasteiger partial charge in [-0.25, -0.2) is 4.99 Å². The zero-order valence-corrected chi connectivity index (χ0v) is 24.1. The summed E-state index contributed by atoms with van der Waals surface area (Å²) >= 11 is 1.15. The van der Waals surface area contributed by atoms with E-state index in [4.69, 9.17) is 9.15 Å². The normalized spacial score (nSPS) is 14.9. The third-order valence-electron chi connectivity index (χ3n) is 7.06. The number of thiazole rings is 1. The Hall–Kier alpha value is -4.84. The molecule has 4 aromatic rings. The SMILES string of the molecule is CCN(CC)C(=O)C1=C(C)N=c2s/c(=C/c3ccc(-c4ccc(F)c([N+](=O)[O-])c4)o3)c(=O)n2[C@H]1c1ccccc1OC. The van der Waals surface area contributed by atoms with Crippen LogP contribution >= 0.6 is 11.3 Å². The highest BCUT2D eigenvalue weighted by atomic mass is 32.1. The molecule has 0 unspecified atom stereocenters. The number of allylic oxidation sites excluding steroid dienone is 1. The van der Waals surface area contributed by atoms with Crippen molar-refractivity contribution in [3.05, 3.63) is 113 Å². The van der Waals surface area contributed by atoms with Crippen LogP contribution in [0.25, 0.3) is 17.4 Å². The molecular formula is C30H27FN4O6S. The van der Waals surface area contributed by atoms with Gasteiger partial charge in [-0.1, -0.05) is 29.5 Å². The average molecular weight is 591 g/mol. The van der Waals surface area contributed by atoms with Crippen molar-refractivity contribution in [1.82, 2.24) is 9.47 Å². The summed E-state index contributed by atoms with van der Waals surface area (Å²) in [6, 6.07) is 13.2. The van der Waals surface area contributed by atoms with Crippen LogP contribution in [0.3, 0.4) is 0 Å². The summed E-state index contributed by atoms with van der Waals surface area (Å²) in [4.78, 5) is 44.8. The van der Waals surface area contributed by atoms with E-state index in [0.717, 1.165) is 23.5 Å². The summed E-state index contributed by atoms with van der Waals surface area (Å²) < 4.78 is 27.1. The topological polar surface area (TPSA) is 120 Å². The number of rotatable bonds is 8. The number of hydrogen-bond acceptors (Lipinski definition) is 8. The molecule has 0 radical (unpaired) electrons. The molecule has 1 amide bonds. The van der Waals surface area contributed by atoms with Gasteiger partial charge in [-0.2, -0.15) is 4.39 Å². The number of ether oxygens (including phenoxy) is 1. The number of hydrogen-bond donors (Lipinski definition) is 0. The van der Waals surface area contributed by atoms with E-state index in [2.05, 4.69) is 4.99 Å². The third-order valence-corrected chi connectivity index (χ3v) is 8.05. The molecule has 2 aromatic carbocycles. The van der Waals surface area contributed by atoms with E-state index in [1.165, 1.54) is 17.7 Å². The number of nitro groups is 1. The van der Waals surface area contributed by atoms with E-state index in [0.29, 0.717) is 56.3 Å². The number of para-hydroxylation sites is 1. The average Bonchev–Trinajstić information content (AvgIpc) is 3.57. The number of amides is 1. The van der Waals surface area contributed by atoms with Crippen LogP contribution in [0.1, 0.15) is 38.1 Å². The fraction of sp³-hybridized carbons (Fsp3) is 0.233. The highest BCUT2D eigenvalue weighted by Crippen LogP contribution is 2.36. The quantitative estimate of drug-likeness (QED) is 0.221. The van der Waals surface area contributed by atoms with Crippen LogP contribution in [0.5, 0.6) is 5.75 Å². The molecule has 10 nitrogen and oxygen atoms in total. The molecule has 1 aliphatic heterocycles. The van der Waals surface area contributed by atoms with Crippen LogP contribution in [-0.2, 0) is 4.79 Å². The zero-order valence-electron chi connectivity index (χ0n) is 23.3. The van der Waals surface area contributed by atoms with Crippen LogP contribution in [0, 0.1) is 15.9 Å². The molecule has 216 valence electrons. The van der Waals surface area contributed by atoms with Crippen molar-refractivity contribution >= 4 is 29.0 Å². The Morgan fingerprint density at radius 3 is 2.64 bits per heavy atom. The fourth-order valence-corrected chi connectivity index (χ4v) is 6.01. The number of furan rings is 1. The Kier molecular flexibility index (Phi) is 7.90. The van der Waals surface area contributed by atoms with E-state index in [1.54, 1.807) is 36.1 Å². The van der Waals surface area contributed by atoms with Gasteiger partial charge in [-0.15, -0.1) is 0 Å². The summed E-state index contributed by atoms with van der Waals surface area (Å²) in [6.07, 6.45) is 1.55. The standard InChI is InChI=1S/C30H27FN4O6S/c1-5-33(6-2)29(37)26-17(3)32-30-34(27(26)20-9-7-8-10-24(20)40-4)28(36)25(42-30)16-19-12-14-23(41-19)18-11-13-21(31)22(15-18)35(38)39/h7-16,27H,5-6H2,1-4H3/b25-16+/t27-/m0/s1. The van der Waals surface area contributed by atoms with E-state index >= 15 is 0 Å². The first-order valence-corrected chi connectivity index (χ1v) is 14.0. The van der Waals surface area contributed by atoms with Gasteiger partial charge in [0.2, 0.25) is 5.82 Å². The van der Waals surface area contributed by atoms with Gasteiger partial charge in [0, 0.05) is 36.4 Å². The molecular weight excluding hydrogens is 563 g/mol. The number of carbonyl (C=O) groups excluding carboxylic acids is 1. The molecule has 1 aliphatic rings. The molecule has 5 rings (SSSR count). The Balaban J connectivity index is 1.65. The number of benzene rings is 2. The lowest BCUT2D eigenvalue weighted by atomic mass is 9.94. The second kappa shape index (κ2) is 11.6. The maximum atomic E-state index is 14.0. The van der Waals surface area contributed by atoms with Crippen molar-refractivity contribution in [1.29, 1.82) is 0 Å². The van der Waals surface area contributed by atoms with Crippen molar-refractivity contribution < 1.29 is 23.3 Å². The predicted octanol–water partition coefficient (Wildman–Crippen LogP) is 4.42. The summed E-state index contributed by atoms with van der Waals surface area (Å²) in [5.74, 6) is -0.0511. The number of methoxy groups -OCH3 is 1. The van der Waals surface area contributed by atoms with E-state index in [9.17, 15) is 24.1 Å². The lowest BCUT2D eigenvalue weighted by molar-refractivity contribution is -0.387. The highest BCUT2D eigenvalue weighted by Gasteiger charge is 2.35. The largest absolute Gasteiger partial charge is 0.496 e. The number of nitrogens with zero attached hydrogens (tertiary/aromatic N) is 4. The van der Waals surface area contributed by atoms with E-state index in [1.807, 2.05) is 32.0 Å². The van der Waals surface area contributed by atoms with Gasteiger partial charge < -0.3 is 14.1 Å². The van der Waals surface area contributed by atoms with Gasteiger partial charge in [-0.05, 0) is 51.1 Å².